The Bertz CT molecular complexity index is 437. The van der Waals surface area contributed by atoms with E-state index in [0.29, 0.717) is 10.8 Å². The number of carbonyl (C=O) groups is 1. The zero-order chi connectivity index (χ0) is 14.4. The maximum atomic E-state index is 11.7. The smallest absolute Gasteiger partial charge is 0.258 e. The minimum absolute atomic E-state index is 0.0155. The van der Waals surface area contributed by atoms with E-state index in [0.717, 1.165) is 5.56 Å². The van der Waals surface area contributed by atoms with Gasteiger partial charge in [0.15, 0.2) is 6.61 Å². The Kier molecular flexibility index (Phi) is 6.12. The largest absolute Gasteiger partial charge is 0.484 e. The maximum absolute atomic E-state index is 11.7. The van der Waals surface area contributed by atoms with E-state index in [2.05, 4.69) is 5.32 Å². The summed E-state index contributed by atoms with van der Waals surface area (Å²) in [5.41, 5.74) is 0.904. The van der Waals surface area contributed by atoms with Crippen LogP contribution in [-0.4, -0.2) is 30.3 Å². The molecule has 1 aromatic rings. The van der Waals surface area contributed by atoms with Gasteiger partial charge in [0, 0.05) is 17.7 Å². The minimum Gasteiger partial charge on any atom is -0.484 e. The van der Waals surface area contributed by atoms with Crippen molar-refractivity contribution in [3.63, 3.8) is 0 Å². The van der Waals surface area contributed by atoms with Crippen molar-refractivity contribution in [1.29, 1.82) is 0 Å². The maximum Gasteiger partial charge on any atom is 0.258 e. The number of ether oxygens (including phenoxy) is 1. The summed E-state index contributed by atoms with van der Waals surface area (Å²) in [6, 6.07) is 5.16. The summed E-state index contributed by atoms with van der Waals surface area (Å²) in [6.45, 7) is 5.59. The van der Waals surface area contributed by atoms with Crippen LogP contribution in [0.3, 0.4) is 0 Å². The Hall–Kier alpha value is -1.26. The molecule has 1 rings (SSSR count). The molecule has 106 valence electrons. The molecule has 0 bridgehead atoms. The summed E-state index contributed by atoms with van der Waals surface area (Å²) in [5, 5.41) is 12.4. The highest BCUT2D eigenvalue weighted by Gasteiger charge is 2.14. The van der Waals surface area contributed by atoms with E-state index in [1.807, 2.05) is 20.8 Å². The fraction of sp³-hybridized carbons (Fsp3) is 0.500. The fourth-order valence-electron chi connectivity index (χ4n) is 1.45. The molecule has 0 fully saturated rings. The molecule has 0 spiro atoms. The summed E-state index contributed by atoms with van der Waals surface area (Å²) in [5.74, 6) is 0.419. The third-order valence-electron chi connectivity index (χ3n) is 3.03. The van der Waals surface area contributed by atoms with Crippen molar-refractivity contribution in [2.75, 3.05) is 13.2 Å². The van der Waals surface area contributed by atoms with Gasteiger partial charge in [-0.2, -0.15) is 0 Å². The molecule has 19 heavy (non-hydrogen) atoms. The lowest BCUT2D eigenvalue weighted by Crippen LogP contribution is -2.40. The number of aryl methyl sites for hydroxylation is 1. The van der Waals surface area contributed by atoms with Crippen LogP contribution in [0, 0.1) is 12.8 Å². The first-order valence-corrected chi connectivity index (χ1v) is 6.61. The SMILES string of the molecule is Cc1cc(OCC(=O)NC(C)C(C)CO)ccc1Cl. The molecule has 2 N–H and O–H groups in total. The number of hydrogen-bond acceptors (Lipinski definition) is 3. The van der Waals surface area contributed by atoms with Gasteiger partial charge in [0.25, 0.3) is 5.91 Å². The van der Waals surface area contributed by atoms with Gasteiger partial charge in [-0.15, -0.1) is 0 Å². The Labute approximate surface area is 118 Å². The van der Waals surface area contributed by atoms with Crippen LogP contribution in [0.5, 0.6) is 5.75 Å². The molecule has 0 radical (unpaired) electrons. The average Bonchev–Trinajstić information content (AvgIpc) is 2.39. The quantitative estimate of drug-likeness (QED) is 0.842. The molecule has 0 aliphatic carbocycles. The lowest BCUT2D eigenvalue weighted by Gasteiger charge is -2.19. The Morgan fingerprint density at radius 2 is 2.16 bits per heavy atom. The van der Waals surface area contributed by atoms with Gasteiger partial charge in [-0.05, 0) is 43.5 Å². The predicted octanol–water partition coefficient (Wildman–Crippen LogP) is 2.16. The monoisotopic (exact) mass is 285 g/mol. The van der Waals surface area contributed by atoms with Gasteiger partial charge in [-0.1, -0.05) is 18.5 Å². The van der Waals surface area contributed by atoms with E-state index in [4.69, 9.17) is 21.4 Å². The normalized spacial score (nSPS) is 13.7. The van der Waals surface area contributed by atoms with Crippen LogP contribution < -0.4 is 10.1 Å². The van der Waals surface area contributed by atoms with Crippen LogP contribution in [0.1, 0.15) is 19.4 Å². The van der Waals surface area contributed by atoms with Crippen molar-refractivity contribution in [2.45, 2.75) is 26.8 Å². The zero-order valence-electron chi connectivity index (χ0n) is 11.4. The highest BCUT2D eigenvalue weighted by molar-refractivity contribution is 6.31. The number of rotatable bonds is 6. The van der Waals surface area contributed by atoms with Gasteiger partial charge < -0.3 is 15.2 Å². The van der Waals surface area contributed by atoms with E-state index in [-0.39, 0.29) is 31.1 Å². The predicted molar refractivity (Wildman–Crippen MR) is 75.5 cm³/mol. The van der Waals surface area contributed by atoms with Crippen LogP contribution in [-0.2, 0) is 4.79 Å². The van der Waals surface area contributed by atoms with Crippen molar-refractivity contribution in [2.24, 2.45) is 5.92 Å². The molecule has 2 unspecified atom stereocenters. The molecule has 1 aromatic carbocycles. The number of halogens is 1. The molecule has 2 atom stereocenters. The summed E-state index contributed by atoms with van der Waals surface area (Å²) in [6.07, 6.45) is 0. The second-order valence-electron chi connectivity index (χ2n) is 4.72. The standard InChI is InChI=1S/C14H20ClNO3/c1-9-6-12(4-5-13(9)15)19-8-14(18)16-11(3)10(2)7-17/h4-6,10-11,17H,7-8H2,1-3H3,(H,16,18). The third-order valence-corrected chi connectivity index (χ3v) is 3.45. The van der Waals surface area contributed by atoms with Crippen LogP contribution in [0.4, 0.5) is 0 Å². The van der Waals surface area contributed by atoms with E-state index in [1.54, 1.807) is 18.2 Å². The third kappa shape index (κ3) is 5.09. The van der Waals surface area contributed by atoms with Crippen molar-refractivity contribution in [1.82, 2.24) is 5.32 Å². The first kappa shape index (κ1) is 15.8. The summed E-state index contributed by atoms with van der Waals surface area (Å²) in [4.78, 5) is 11.7. The van der Waals surface area contributed by atoms with E-state index < -0.39 is 0 Å². The average molecular weight is 286 g/mol. The van der Waals surface area contributed by atoms with Crippen LogP contribution in [0.2, 0.25) is 5.02 Å². The molecule has 0 heterocycles. The number of amides is 1. The van der Waals surface area contributed by atoms with Gasteiger partial charge in [0.2, 0.25) is 0 Å². The van der Waals surface area contributed by atoms with E-state index in [1.165, 1.54) is 0 Å². The molecule has 0 saturated carbocycles. The number of nitrogens with one attached hydrogen (secondary N) is 1. The molecule has 1 amide bonds. The fourth-order valence-corrected chi connectivity index (χ4v) is 1.57. The first-order chi connectivity index (χ1) is 8.93. The molecule has 0 aliphatic heterocycles. The van der Waals surface area contributed by atoms with Gasteiger partial charge in [0.05, 0.1) is 0 Å². The molecular formula is C14H20ClNO3. The van der Waals surface area contributed by atoms with Gasteiger partial charge in [-0.25, -0.2) is 0 Å². The number of aliphatic hydroxyl groups excluding tert-OH is 1. The number of carbonyl (C=O) groups excluding carboxylic acids is 1. The highest BCUT2D eigenvalue weighted by Crippen LogP contribution is 2.20. The van der Waals surface area contributed by atoms with Crippen molar-refractivity contribution < 1.29 is 14.6 Å². The van der Waals surface area contributed by atoms with Crippen LogP contribution in [0.15, 0.2) is 18.2 Å². The topological polar surface area (TPSA) is 58.6 Å². The van der Waals surface area contributed by atoms with E-state index >= 15 is 0 Å². The van der Waals surface area contributed by atoms with Crippen molar-refractivity contribution in [3.05, 3.63) is 28.8 Å². The minimum atomic E-state index is -0.208. The first-order valence-electron chi connectivity index (χ1n) is 6.23. The van der Waals surface area contributed by atoms with Crippen LogP contribution in [0.25, 0.3) is 0 Å². The van der Waals surface area contributed by atoms with Gasteiger partial charge in [-0.3, -0.25) is 4.79 Å². The molecule has 5 heteroatoms. The van der Waals surface area contributed by atoms with Gasteiger partial charge in [0.1, 0.15) is 5.75 Å². The highest BCUT2D eigenvalue weighted by atomic mass is 35.5. The molecule has 4 nitrogen and oxygen atoms in total. The summed E-state index contributed by atoms with van der Waals surface area (Å²) < 4.78 is 5.38. The summed E-state index contributed by atoms with van der Waals surface area (Å²) in [7, 11) is 0. The Morgan fingerprint density at radius 1 is 1.47 bits per heavy atom. The number of aliphatic hydroxyl groups is 1. The lowest BCUT2D eigenvalue weighted by atomic mass is 10.1. The zero-order valence-corrected chi connectivity index (χ0v) is 12.2. The van der Waals surface area contributed by atoms with Crippen LogP contribution >= 0.6 is 11.6 Å². The van der Waals surface area contributed by atoms with Crippen molar-refractivity contribution in [3.8, 4) is 5.75 Å². The second-order valence-corrected chi connectivity index (χ2v) is 5.12. The second kappa shape index (κ2) is 7.36. The molecular weight excluding hydrogens is 266 g/mol. The Morgan fingerprint density at radius 3 is 2.74 bits per heavy atom. The van der Waals surface area contributed by atoms with E-state index in [9.17, 15) is 4.79 Å². The number of hydrogen-bond donors (Lipinski definition) is 2. The molecule has 0 aromatic heterocycles. The Balaban J connectivity index is 2.43. The number of benzene rings is 1. The summed E-state index contributed by atoms with van der Waals surface area (Å²) >= 11 is 5.90. The molecule has 0 aliphatic rings. The van der Waals surface area contributed by atoms with Crippen molar-refractivity contribution >= 4 is 17.5 Å². The molecule has 0 saturated heterocycles. The van der Waals surface area contributed by atoms with Gasteiger partial charge >= 0.3 is 0 Å². The lowest BCUT2D eigenvalue weighted by molar-refractivity contribution is -0.124.